The van der Waals surface area contributed by atoms with E-state index in [4.69, 9.17) is 21.5 Å². The molecule has 0 aromatic heterocycles. The summed E-state index contributed by atoms with van der Waals surface area (Å²) in [6.07, 6.45) is -3.80. The minimum absolute atomic E-state index is 0.0837. The van der Waals surface area contributed by atoms with Crippen molar-refractivity contribution in [3.8, 4) is 11.5 Å². The molecule has 0 spiro atoms. The van der Waals surface area contributed by atoms with Gasteiger partial charge in [-0.1, -0.05) is 11.6 Å². The number of ether oxygens (including phenoxy) is 3. The Labute approximate surface area is 167 Å². The van der Waals surface area contributed by atoms with Crippen molar-refractivity contribution in [3.05, 3.63) is 47.0 Å². The van der Waals surface area contributed by atoms with Gasteiger partial charge in [-0.15, -0.1) is 8.78 Å². The van der Waals surface area contributed by atoms with Gasteiger partial charge in [0.1, 0.15) is 0 Å². The first-order valence-electron chi connectivity index (χ1n) is 7.64. The van der Waals surface area contributed by atoms with Gasteiger partial charge in [0.15, 0.2) is 18.1 Å². The minimum Gasteiger partial charge on any atom is -0.452 e. The standard InChI is InChI=1S/C16H11ClF2N2O7S/c17-11-3-2-9(29(20,24)25)6-10(11)15(23)26-7-14(22)21-8-1-4-12-13(5-8)28-16(18,19)27-12/h1-6H,7H2,(H,21,22)(H2,20,24,25). The summed E-state index contributed by atoms with van der Waals surface area (Å²) in [7, 11) is -4.08. The Balaban J connectivity index is 1.63. The monoisotopic (exact) mass is 448 g/mol. The predicted molar refractivity (Wildman–Crippen MR) is 94.4 cm³/mol. The number of amides is 1. The van der Waals surface area contributed by atoms with Gasteiger partial charge in [-0.05, 0) is 30.3 Å². The van der Waals surface area contributed by atoms with Crippen molar-refractivity contribution in [2.75, 3.05) is 11.9 Å². The maximum Gasteiger partial charge on any atom is 0.586 e. The molecule has 3 rings (SSSR count). The molecule has 0 aliphatic carbocycles. The highest BCUT2D eigenvalue weighted by molar-refractivity contribution is 7.89. The molecule has 13 heteroatoms. The van der Waals surface area contributed by atoms with Crippen LogP contribution in [0.25, 0.3) is 0 Å². The van der Waals surface area contributed by atoms with Crippen LogP contribution in [-0.4, -0.2) is 33.2 Å². The number of nitrogens with one attached hydrogen (secondary N) is 1. The molecular weight excluding hydrogens is 438 g/mol. The van der Waals surface area contributed by atoms with Gasteiger partial charge in [-0.2, -0.15) is 0 Å². The second-order valence-corrected chi connectivity index (χ2v) is 7.61. The van der Waals surface area contributed by atoms with E-state index in [0.717, 1.165) is 30.3 Å². The van der Waals surface area contributed by atoms with Crippen LogP contribution in [-0.2, 0) is 19.6 Å². The fourth-order valence-electron chi connectivity index (χ4n) is 2.27. The summed E-state index contributed by atoms with van der Waals surface area (Å²) in [4.78, 5) is 23.6. The Morgan fingerprint density at radius 1 is 1.14 bits per heavy atom. The van der Waals surface area contributed by atoms with Crippen molar-refractivity contribution in [2.45, 2.75) is 11.2 Å². The Hall–Kier alpha value is -2.96. The molecule has 0 unspecified atom stereocenters. The van der Waals surface area contributed by atoms with E-state index in [-0.39, 0.29) is 32.7 Å². The summed E-state index contributed by atoms with van der Waals surface area (Å²) in [6.45, 7) is -0.765. The quantitative estimate of drug-likeness (QED) is 0.669. The zero-order chi connectivity index (χ0) is 21.4. The number of fused-ring (bicyclic) bond motifs is 1. The maximum atomic E-state index is 13.0. The molecule has 29 heavy (non-hydrogen) atoms. The van der Waals surface area contributed by atoms with E-state index in [2.05, 4.69) is 14.8 Å². The number of hydrogen-bond donors (Lipinski definition) is 2. The number of primary sulfonamides is 1. The van der Waals surface area contributed by atoms with E-state index in [1.165, 1.54) is 6.07 Å². The fraction of sp³-hybridized carbons (Fsp3) is 0.125. The number of benzene rings is 2. The molecule has 2 aromatic rings. The van der Waals surface area contributed by atoms with Crippen molar-refractivity contribution < 1.29 is 41.0 Å². The van der Waals surface area contributed by atoms with Crippen LogP contribution < -0.4 is 19.9 Å². The lowest BCUT2D eigenvalue weighted by Gasteiger charge is -2.09. The summed E-state index contributed by atoms with van der Waals surface area (Å²) in [6, 6.07) is 6.69. The number of carbonyl (C=O) groups excluding carboxylic acids is 2. The summed E-state index contributed by atoms with van der Waals surface area (Å²) >= 11 is 5.84. The number of sulfonamides is 1. The van der Waals surface area contributed by atoms with E-state index in [1.54, 1.807) is 0 Å². The highest BCUT2D eigenvalue weighted by atomic mass is 35.5. The van der Waals surface area contributed by atoms with Crippen molar-refractivity contribution in [2.24, 2.45) is 5.14 Å². The summed E-state index contributed by atoms with van der Waals surface area (Å²) in [5.41, 5.74) is -0.225. The second-order valence-electron chi connectivity index (χ2n) is 5.64. The molecule has 3 N–H and O–H groups in total. The minimum atomic E-state index is -4.08. The van der Waals surface area contributed by atoms with Gasteiger partial charge < -0.3 is 19.5 Å². The Kier molecular flexibility index (Phi) is 5.34. The van der Waals surface area contributed by atoms with Gasteiger partial charge in [0.2, 0.25) is 10.0 Å². The zero-order valence-corrected chi connectivity index (χ0v) is 15.7. The van der Waals surface area contributed by atoms with Gasteiger partial charge in [0.05, 0.1) is 15.5 Å². The number of carbonyl (C=O) groups is 2. The number of hydrogen-bond acceptors (Lipinski definition) is 7. The second kappa shape index (κ2) is 7.46. The average Bonchev–Trinajstić information content (AvgIpc) is 2.92. The Morgan fingerprint density at radius 2 is 1.83 bits per heavy atom. The van der Waals surface area contributed by atoms with Crippen LogP contribution in [0, 0.1) is 0 Å². The smallest absolute Gasteiger partial charge is 0.452 e. The third-order valence-corrected chi connectivity index (χ3v) is 4.75. The molecule has 9 nitrogen and oxygen atoms in total. The molecule has 0 radical (unpaired) electrons. The molecule has 1 aliphatic rings. The first-order valence-corrected chi connectivity index (χ1v) is 9.56. The normalized spacial score (nSPS) is 14.3. The van der Waals surface area contributed by atoms with Crippen molar-refractivity contribution in [3.63, 3.8) is 0 Å². The van der Waals surface area contributed by atoms with Crippen LogP contribution in [0.5, 0.6) is 11.5 Å². The lowest BCUT2D eigenvalue weighted by atomic mass is 10.2. The molecule has 2 aromatic carbocycles. The highest BCUT2D eigenvalue weighted by Gasteiger charge is 2.43. The Morgan fingerprint density at radius 3 is 2.52 bits per heavy atom. The molecule has 0 bridgehead atoms. The molecule has 1 amide bonds. The van der Waals surface area contributed by atoms with Crippen LogP contribution in [0.4, 0.5) is 14.5 Å². The van der Waals surface area contributed by atoms with Gasteiger partial charge in [-0.25, -0.2) is 18.4 Å². The third kappa shape index (κ3) is 4.91. The zero-order valence-electron chi connectivity index (χ0n) is 14.1. The maximum absolute atomic E-state index is 13.0. The van der Waals surface area contributed by atoms with Crippen LogP contribution in [0.3, 0.4) is 0 Å². The van der Waals surface area contributed by atoms with Crippen molar-refractivity contribution in [1.29, 1.82) is 0 Å². The molecule has 154 valence electrons. The molecule has 0 saturated carbocycles. The summed E-state index contributed by atoms with van der Waals surface area (Å²) < 4.78 is 62.0. The van der Waals surface area contributed by atoms with Gasteiger partial charge >= 0.3 is 12.3 Å². The average molecular weight is 449 g/mol. The fourth-order valence-corrected chi connectivity index (χ4v) is 3.01. The highest BCUT2D eigenvalue weighted by Crippen LogP contribution is 2.42. The SMILES string of the molecule is NS(=O)(=O)c1ccc(Cl)c(C(=O)OCC(=O)Nc2ccc3c(c2)OC(F)(F)O3)c1. The lowest BCUT2D eigenvalue weighted by molar-refractivity contribution is -0.286. The molecule has 0 atom stereocenters. The first-order chi connectivity index (χ1) is 13.4. The Bertz CT molecular complexity index is 1110. The molecule has 1 heterocycles. The number of halogens is 3. The van der Waals surface area contributed by atoms with E-state index >= 15 is 0 Å². The van der Waals surface area contributed by atoms with E-state index in [1.807, 2.05) is 0 Å². The first kappa shape index (κ1) is 20.8. The molecule has 0 saturated heterocycles. The summed E-state index contributed by atoms with van der Waals surface area (Å²) in [5, 5.41) is 7.19. The topological polar surface area (TPSA) is 134 Å². The van der Waals surface area contributed by atoms with Gasteiger partial charge in [-0.3, -0.25) is 4.79 Å². The number of anilines is 1. The van der Waals surface area contributed by atoms with Crippen LogP contribution in [0.1, 0.15) is 10.4 Å². The number of alkyl halides is 2. The number of rotatable bonds is 5. The number of nitrogens with two attached hydrogens (primary N) is 1. The van der Waals surface area contributed by atoms with Gasteiger partial charge in [0.25, 0.3) is 5.91 Å². The van der Waals surface area contributed by atoms with E-state index in [9.17, 15) is 26.8 Å². The van der Waals surface area contributed by atoms with Crippen molar-refractivity contribution >= 4 is 39.2 Å². The molecular formula is C16H11ClF2N2O7S. The summed E-state index contributed by atoms with van der Waals surface area (Å²) in [5.74, 6) is -2.36. The molecule has 1 aliphatic heterocycles. The molecule has 0 fully saturated rings. The lowest BCUT2D eigenvalue weighted by Crippen LogP contribution is -2.25. The van der Waals surface area contributed by atoms with Crippen molar-refractivity contribution in [1.82, 2.24) is 0 Å². The third-order valence-electron chi connectivity index (χ3n) is 3.51. The van der Waals surface area contributed by atoms with Crippen LogP contribution >= 0.6 is 11.6 Å². The van der Waals surface area contributed by atoms with Gasteiger partial charge in [0, 0.05) is 11.8 Å². The predicted octanol–water partition coefficient (Wildman–Crippen LogP) is 2.10. The van der Waals surface area contributed by atoms with Crippen LogP contribution in [0.15, 0.2) is 41.3 Å². The largest absolute Gasteiger partial charge is 0.586 e. The number of esters is 1. The van der Waals surface area contributed by atoms with Crippen LogP contribution in [0.2, 0.25) is 5.02 Å². The van der Waals surface area contributed by atoms with E-state index < -0.39 is 34.8 Å². The van der Waals surface area contributed by atoms with E-state index in [0.29, 0.717) is 0 Å².